The van der Waals surface area contributed by atoms with Crippen molar-refractivity contribution in [1.82, 2.24) is 4.72 Å². The quantitative estimate of drug-likeness (QED) is 0.507. The number of anilines is 1. The summed E-state index contributed by atoms with van der Waals surface area (Å²) in [7, 11) is -6.93. The highest BCUT2D eigenvalue weighted by Gasteiger charge is 2.32. The summed E-state index contributed by atoms with van der Waals surface area (Å²) in [6.45, 7) is 0. The third kappa shape index (κ3) is 3.24. The molecule has 2 rings (SSSR count). The number of hydrazine groups is 1. The van der Waals surface area contributed by atoms with Gasteiger partial charge in [0.2, 0.25) is 10.0 Å². The van der Waals surface area contributed by atoms with Gasteiger partial charge >= 0.3 is 0 Å². The number of rotatable bonds is 4. The Morgan fingerprint density at radius 1 is 1.26 bits per heavy atom. The minimum absolute atomic E-state index is 0.00166. The Hall–Kier alpha value is -1.16. The summed E-state index contributed by atoms with van der Waals surface area (Å²) < 4.78 is 49.4. The van der Waals surface area contributed by atoms with Crippen LogP contribution in [0.3, 0.4) is 0 Å². The lowest BCUT2D eigenvalue weighted by molar-refractivity contribution is 0.562. The van der Waals surface area contributed by atoms with Crippen LogP contribution in [0.4, 0.5) is 5.69 Å². The lowest BCUT2D eigenvalue weighted by Gasteiger charge is -2.14. The lowest BCUT2D eigenvalue weighted by Crippen LogP contribution is -2.36. The normalized spacial score (nSPS) is 22.3. The summed E-state index contributed by atoms with van der Waals surface area (Å²) in [4.78, 5) is 0.00166. The molecule has 19 heavy (non-hydrogen) atoms. The Morgan fingerprint density at radius 2 is 1.95 bits per heavy atom. The van der Waals surface area contributed by atoms with E-state index in [9.17, 15) is 16.8 Å². The number of nitrogens with one attached hydrogen (secondary N) is 2. The summed E-state index contributed by atoms with van der Waals surface area (Å²) in [6.07, 6.45) is 0.291. The number of benzene rings is 1. The number of sulfonamides is 1. The molecule has 0 radical (unpaired) electrons. The monoisotopic (exact) mass is 305 g/mol. The highest BCUT2D eigenvalue weighted by atomic mass is 32.2. The van der Waals surface area contributed by atoms with Crippen LogP contribution in [0.5, 0.6) is 0 Å². The molecule has 1 aliphatic rings. The molecule has 1 fully saturated rings. The Morgan fingerprint density at radius 3 is 2.53 bits per heavy atom. The van der Waals surface area contributed by atoms with E-state index >= 15 is 0 Å². The molecule has 1 unspecified atom stereocenters. The number of nitrogen functional groups attached to an aromatic ring is 1. The van der Waals surface area contributed by atoms with Crippen molar-refractivity contribution in [3.05, 3.63) is 24.3 Å². The number of hydrogen-bond acceptors (Lipinski definition) is 6. The first-order valence-electron chi connectivity index (χ1n) is 5.62. The number of para-hydroxylation sites is 1. The largest absolute Gasteiger partial charge is 0.323 e. The highest BCUT2D eigenvalue weighted by Crippen LogP contribution is 2.21. The van der Waals surface area contributed by atoms with Crippen molar-refractivity contribution in [2.75, 3.05) is 16.9 Å². The molecule has 1 atom stereocenters. The molecule has 1 aliphatic heterocycles. The van der Waals surface area contributed by atoms with Gasteiger partial charge in [-0.1, -0.05) is 12.1 Å². The standard InChI is InChI=1S/C10H15N3O4S2/c11-12-9-3-1-2-4-10(9)19(16,17)13-8-5-6-18(14,15)7-8/h1-4,8,12-13H,5-7,11H2. The molecule has 9 heteroatoms. The topological polar surface area (TPSA) is 118 Å². The molecule has 1 heterocycles. The second-order valence-electron chi connectivity index (χ2n) is 4.36. The zero-order chi connectivity index (χ0) is 14.1. The molecule has 7 nitrogen and oxygen atoms in total. The van der Waals surface area contributed by atoms with Crippen LogP contribution in [0.15, 0.2) is 29.2 Å². The third-order valence-corrected chi connectivity index (χ3v) is 6.23. The molecule has 0 spiro atoms. The van der Waals surface area contributed by atoms with Crippen LogP contribution in [-0.4, -0.2) is 34.4 Å². The average Bonchev–Trinajstić information content (AvgIpc) is 2.67. The summed E-state index contributed by atoms with van der Waals surface area (Å²) in [5.74, 6) is 5.11. The molecule has 1 aromatic carbocycles. The molecule has 0 amide bonds. The van der Waals surface area contributed by atoms with E-state index in [4.69, 9.17) is 5.84 Å². The second kappa shape index (κ2) is 5.08. The van der Waals surface area contributed by atoms with Gasteiger partial charge in [-0.2, -0.15) is 0 Å². The van der Waals surface area contributed by atoms with E-state index < -0.39 is 25.9 Å². The van der Waals surface area contributed by atoms with E-state index in [1.165, 1.54) is 12.1 Å². The van der Waals surface area contributed by atoms with Crippen LogP contribution in [0.1, 0.15) is 6.42 Å². The third-order valence-electron chi connectivity index (χ3n) is 2.89. The van der Waals surface area contributed by atoms with Crippen molar-refractivity contribution >= 4 is 25.5 Å². The number of hydrogen-bond donors (Lipinski definition) is 3. The second-order valence-corrected chi connectivity index (χ2v) is 8.27. The fourth-order valence-corrected chi connectivity index (χ4v) is 5.21. The van der Waals surface area contributed by atoms with Gasteiger partial charge in [-0.15, -0.1) is 0 Å². The van der Waals surface area contributed by atoms with E-state index in [0.717, 1.165) is 0 Å². The molecule has 1 aromatic rings. The van der Waals surface area contributed by atoms with E-state index in [-0.39, 0.29) is 22.1 Å². The van der Waals surface area contributed by atoms with Crippen molar-refractivity contribution in [1.29, 1.82) is 0 Å². The van der Waals surface area contributed by atoms with Crippen LogP contribution >= 0.6 is 0 Å². The molecule has 0 saturated carbocycles. The SMILES string of the molecule is NNc1ccccc1S(=O)(=O)NC1CCS(=O)(=O)C1. The van der Waals surface area contributed by atoms with Crippen molar-refractivity contribution in [3.63, 3.8) is 0 Å². The lowest BCUT2D eigenvalue weighted by atomic mass is 10.3. The van der Waals surface area contributed by atoms with Crippen molar-refractivity contribution in [2.45, 2.75) is 17.4 Å². The first-order chi connectivity index (χ1) is 8.84. The molecule has 0 aliphatic carbocycles. The summed E-state index contributed by atoms with van der Waals surface area (Å²) >= 11 is 0. The van der Waals surface area contributed by atoms with Gasteiger partial charge in [0.1, 0.15) is 4.90 Å². The first-order valence-corrected chi connectivity index (χ1v) is 8.93. The van der Waals surface area contributed by atoms with Crippen LogP contribution in [0.2, 0.25) is 0 Å². The maximum absolute atomic E-state index is 12.2. The average molecular weight is 305 g/mol. The Bertz CT molecular complexity index is 670. The minimum Gasteiger partial charge on any atom is -0.323 e. The zero-order valence-corrected chi connectivity index (χ0v) is 11.7. The molecular weight excluding hydrogens is 290 g/mol. The maximum Gasteiger partial charge on any atom is 0.242 e. The van der Waals surface area contributed by atoms with Gasteiger partial charge in [0.05, 0.1) is 17.2 Å². The molecule has 0 bridgehead atoms. The number of sulfone groups is 1. The van der Waals surface area contributed by atoms with E-state index in [1.807, 2.05) is 0 Å². The van der Waals surface area contributed by atoms with Gasteiger partial charge in [0.15, 0.2) is 9.84 Å². The maximum atomic E-state index is 12.2. The molecule has 0 aromatic heterocycles. The molecule has 1 saturated heterocycles. The molecule has 106 valence electrons. The Balaban J connectivity index is 2.24. The summed E-state index contributed by atoms with van der Waals surface area (Å²) in [5, 5.41) is 0. The van der Waals surface area contributed by atoms with Gasteiger partial charge in [0, 0.05) is 6.04 Å². The van der Waals surface area contributed by atoms with Crippen LogP contribution in [-0.2, 0) is 19.9 Å². The smallest absolute Gasteiger partial charge is 0.242 e. The van der Waals surface area contributed by atoms with Gasteiger partial charge in [-0.05, 0) is 18.6 Å². The van der Waals surface area contributed by atoms with E-state index in [1.54, 1.807) is 12.1 Å². The number of nitrogens with two attached hydrogens (primary N) is 1. The van der Waals surface area contributed by atoms with Gasteiger partial charge in [0.25, 0.3) is 0 Å². The van der Waals surface area contributed by atoms with Gasteiger partial charge < -0.3 is 5.43 Å². The zero-order valence-electron chi connectivity index (χ0n) is 10.0. The Kier molecular flexibility index (Phi) is 3.81. The van der Waals surface area contributed by atoms with Crippen LogP contribution in [0.25, 0.3) is 0 Å². The Labute approximate surface area is 112 Å². The fourth-order valence-electron chi connectivity index (χ4n) is 1.99. The summed E-state index contributed by atoms with van der Waals surface area (Å²) in [6, 6.07) is 5.57. The van der Waals surface area contributed by atoms with Gasteiger partial charge in [-0.3, -0.25) is 5.84 Å². The fraction of sp³-hybridized carbons (Fsp3) is 0.400. The predicted molar refractivity (Wildman–Crippen MR) is 71.6 cm³/mol. The van der Waals surface area contributed by atoms with Crippen LogP contribution in [0, 0.1) is 0 Å². The van der Waals surface area contributed by atoms with Crippen molar-refractivity contribution < 1.29 is 16.8 Å². The van der Waals surface area contributed by atoms with E-state index in [0.29, 0.717) is 6.42 Å². The van der Waals surface area contributed by atoms with Crippen molar-refractivity contribution in [3.8, 4) is 0 Å². The highest BCUT2D eigenvalue weighted by molar-refractivity contribution is 7.92. The first kappa shape index (κ1) is 14.3. The summed E-state index contributed by atoms with van der Waals surface area (Å²) in [5.41, 5.74) is 2.57. The minimum atomic E-state index is -3.79. The van der Waals surface area contributed by atoms with Crippen LogP contribution < -0.4 is 16.0 Å². The van der Waals surface area contributed by atoms with Crippen molar-refractivity contribution in [2.24, 2.45) is 5.84 Å². The van der Waals surface area contributed by atoms with E-state index in [2.05, 4.69) is 10.1 Å². The molecular formula is C10H15N3O4S2. The van der Waals surface area contributed by atoms with Gasteiger partial charge in [-0.25, -0.2) is 21.6 Å². The molecule has 4 N–H and O–H groups in total. The predicted octanol–water partition coefficient (Wildman–Crippen LogP) is -0.562.